The second kappa shape index (κ2) is 6.99. The van der Waals surface area contributed by atoms with E-state index in [1.165, 1.54) is 0 Å². The summed E-state index contributed by atoms with van der Waals surface area (Å²) in [6.07, 6.45) is 3.73. The predicted octanol–water partition coefficient (Wildman–Crippen LogP) is 3.61. The Morgan fingerprint density at radius 1 is 0.926 bits per heavy atom. The largest absolute Gasteiger partial charge is 0.325 e. The molecule has 4 rings (SSSR count). The van der Waals surface area contributed by atoms with Crippen molar-refractivity contribution in [1.29, 1.82) is 0 Å². The third kappa shape index (κ3) is 3.37. The maximum absolute atomic E-state index is 12.7. The average molecular weight is 362 g/mol. The zero-order chi connectivity index (χ0) is 18.9. The molecule has 2 aliphatic rings. The van der Waals surface area contributed by atoms with Crippen LogP contribution in [0.1, 0.15) is 32.1 Å². The highest BCUT2D eigenvalue weighted by Crippen LogP contribution is 2.46. The van der Waals surface area contributed by atoms with E-state index in [-0.39, 0.29) is 30.7 Å². The number of amides is 3. The summed E-state index contributed by atoms with van der Waals surface area (Å²) in [6, 6.07) is 17.5. The maximum atomic E-state index is 12.7. The van der Waals surface area contributed by atoms with E-state index in [4.69, 9.17) is 0 Å². The minimum absolute atomic E-state index is 0.167. The fourth-order valence-corrected chi connectivity index (χ4v) is 4.18. The van der Waals surface area contributed by atoms with Crippen LogP contribution in [-0.4, -0.2) is 29.2 Å². The van der Waals surface area contributed by atoms with E-state index in [1.807, 2.05) is 54.6 Å². The lowest BCUT2D eigenvalue weighted by Crippen LogP contribution is -2.39. The van der Waals surface area contributed by atoms with Crippen LogP contribution in [0.5, 0.6) is 0 Å². The van der Waals surface area contributed by atoms with Gasteiger partial charge in [-0.15, -0.1) is 0 Å². The van der Waals surface area contributed by atoms with Crippen molar-refractivity contribution in [2.75, 3.05) is 11.9 Å². The van der Waals surface area contributed by atoms with E-state index < -0.39 is 5.41 Å². The normalized spacial score (nSPS) is 18.3. The quantitative estimate of drug-likeness (QED) is 0.845. The lowest BCUT2D eigenvalue weighted by atomic mass is 9.84. The van der Waals surface area contributed by atoms with Gasteiger partial charge in [-0.25, -0.2) is 0 Å². The van der Waals surface area contributed by atoms with Gasteiger partial charge in [-0.05, 0) is 36.1 Å². The number of hydrogen-bond donors (Lipinski definition) is 1. The molecule has 0 aromatic heterocycles. The summed E-state index contributed by atoms with van der Waals surface area (Å²) in [5.41, 5.74) is 2.27. The van der Waals surface area contributed by atoms with Gasteiger partial charge in [-0.1, -0.05) is 55.3 Å². The highest BCUT2D eigenvalue weighted by Gasteiger charge is 2.52. The summed E-state index contributed by atoms with van der Waals surface area (Å²) in [6.45, 7) is -0.208. The molecule has 1 saturated heterocycles. The Morgan fingerprint density at radius 3 is 2.22 bits per heavy atom. The molecule has 5 nitrogen and oxygen atoms in total. The molecule has 2 aromatic rings. The molecule has 0 radical (unpaired) electrons. The van der Waals surface area contributed by atoms with Crippen LogP contribution >= 0.6 is 0 Å². The first kappa shape index (κ1) is 17.5. The van der Waals surface area contributed by atoms with Crippen molar-refractivity contribution in [3.8, 4) is 11.1 Å². The van der Waals surface area contributed by atoms with Crippen LogP contribution in [0.25, 0.3) is 11.1 Å². The van der Waals surface area contributed by atoms with Crippen LogP contribution in [0.4, 0.5) is 5.69 Å². The zero-order valence-electron chi connectivity index (χ0n) is 15.1. The van der Waals surface area contributed by atoms with Gasteiger partial charge in [-0.3, -0.25) is 19.3 Å². The third-order valence-corrected chi connectivity index (χ3v) is 5.63. The summed E-state index contributed by atoms with van der Waals surface area (Å²) >= 11 is 0. The second-order valence-corrected chi connectivity index (χ2v) is 7.44. The van der Waals surface area contributed by atoms with Crippen molar-refractivity contribution < 1.29 is 14.4 Å². The standard InChI is InChI=1S/C22H22N2O3/c25-19(15-24-20(26)14-22(21(24)27)12-4-5-13-22)23-18-10-8-17(9-11-18)16-6-2-1-3-7-16/h1-3,6-11H,4-5,12-15H2,(H,23,25). The first-order chi connectivity index (χ1) is 13.1. The number of likely N-dealkylation sites (tertiary alicyclic amines) is 1. The molecule has 3 amide bonds. The fourth-order valence-electron chi connectivity index (χ4n) is 4.18. The molecule has 2 fully saturated rings. The molecule has 1 aliphatic carbocycles. The number of nitrogens with one attached hydrogen (secondary N) is 1. The first-order valence-corrected chi connectivity index (χ1v) is 9.38. The van der Waals surface area contributed by atoms with E-state index in [9.17, 15) is 14.4 Å². The molecular weight excluding hydrogens is 340 g/mol. The van der Waals surface area contributed by atoms with Gasteiger partial charge in [0.15, 0.2) is 0 Å². The number of rotatable bonds is 4. The lowest BCUT2D eigenvalue weighted by Gasteiger charge is -2.20. The van der Waals surface area contributed by atoms with Gasteiger partial charge in [0, 0.05) is 12.1 Å². The topological polar surface area (TPSA) is 66.5 Å². The molecule has 1 heterocycles. The molecule has 0 atom stereocenters. The molecule has 0 unspecified atom stereocenters. The zero-order valence-corrected chi connectivity index (χ0v) is 15.1. The first-order valence-electron chi connectivity index (χ1n) is 9.38. The van der Waals surface area contributed by atoms with Crippen LogP contribution in [0, 0.1) is 5.41 Å². The number of imide groups is 1. The SMILES string of the molecule is O=C(CN1C(=O)CC2(CCCC2)C1=O)Nc1ccc(-c2ccccc2)cc1. The predicted molar refractivity (Wildman–Crippen MR) is 103 cm³/mol. The number of carbonyl (C=O) groups excluding carboxylic acids is 3. The molecular formula is C22H22N2O3. The van der Waals surface area contributed by atoms with Crippen molar-refractivity contribution in [3.05, 3.63) is 54.6 Å². The van der Waals surface area contributed by atoms with Crippen molar-refractivity contribution in [1.82, 2.24) is 4.90 Å². The molecule has 1 spiro atoms. The van der Waals surface area contributed by atoms with Crippen molar-refractivity contribution in [2.24, 2.45) is 5.41 Å². The van der Waals surface area contributed by atoms with Gasteiger partial charge < -0.3 is 5.32 Å². The molecule has 27 heavy (non-hydrogen) atoms. The van der Waals surface area contributed by atoms with E-state index in [0.717, 1.165) is 41.7 Å². The Labute approximate surface area is 158 Å². The summed E-state index contributed by atoms with van der Waals surface area (Å²) in [4.78, 5) is 38.4. The Kier molecular flexibility index (Phi) is 4.52. The van der Waals surface area contributed by atoms with E-state index in [0.29, 0.717) is 5.69 Å². The number of anilines is 1. The monoisotopic (exact) mass is 362 g/mol. The third-order valence-electron chi connectivity index (χ3n) is 5.63. The Hall–Kier alpha value is -2.95. The van der Waals surface area contributed by atoms with Gasteiger partial charge >= 0.3 is 0 Å². The minimum Gasteiger partial charge on any atom is -0.325 e. The summed E-state index contributed by atoms with van der Waals surface area (Å²) in [5, 5.41) is 2.78. The Balaban J connectivity index is 1.40. The van der Waals surface area contributed by atoms with Gasteiger partial charge in [0.1, 0.15) is 6.54 Å². The van der Waals surface area contributed by atoms with E-state index in [1.54, 1.807) is 0 Å². The lowest BCUT2D eigenvalue weighted by molar-refractivity contribution is -0.143. The molecule has 5 heteroatoms. The molecule has 1 aliphatic heterocycles. The highest BCUT2D eigenvalue weighted by atomic mass is 16.2. The van der Waals surface area contributed by atoms with Crippen molar-refractivity contribution in [3.63, 3.8) is 0 Å². The Bertz CT molecular complexity index is 868. The Morgan fingerprint density at radius 2 is 1.56 bits per heavy atom. The fraction of sp³-hybridized carbons (Fsp3) is 0.318. The van der Waals surface area contributed by atoms with E-state index >= 15 is 0 Å². The highest BCUT2D eigenvalue weighted by molar-refractivity contribution is 6.09. The van der Waals surface area contributed by atoms with Crippen molar-refractivity contribution >= 4 is 23.4 Å². The van der Waals surface area contributed by atoms with Crippen LogP contribution in [0.15, 0.2) is 54.6 Å². The van der Waals surface area contributed by atoms with Gasteiger partial charge in [-0.2, -0.15) is 0 Å². The summed E-state index contributed by atoms with van der Waals surface area (Å²) < 4.78 is 0. The van der Waals surface area contributed by atoms with Crippen molar-refractivity contribution in [2.45, 2.75) is 32.1 Å². The van der Waals surface area contributed by atoms with Gasteiger partial charge in [0.2, 0.25) is 17.7 Å². The van der Waals surface area contributed by atoms with E-state index in [2.05, 4.69) is 5.32 Å². The smallest absolute Gasteiger partial charge is 0.244 e. The number of benzene rings is 2. The molecule has 0 bridgehead atoms. The average Bonchev–Trinajstić information content (AvgIpc) is 3.24. The summed E-state index contributed by atoms with van der Waals surface area (Å²) in [5.74, 6) is -0.741. The summed E-state index contributed by atoms with van der Waals surface area (Å²) in [7, 11) is 0. The second-order valence-electron chi connectivity index (χ2n) is 7.44. The van der Waals surface area contributed by atoms with Crippen LogP contribution in [0.3, 0.4) is 0 Å². The molecule has 1 N–H and O–H groups in total. The number of carbonyl (C=O) groups is 3. The number of nitrogens with zero attached hydrogens (tertiary/aromatic N) is 1. The van der Waals surface area contributed by atoms with Gasteiger partial charge in [0.25, 0.3) is 0 Å². The van der Waals surface area contributed by atoms with Crippen LogP contribution < -0.4 is 5.32 Å². The maximum Gasteiger partial charge on any atom is 0.244 e. The molecule has 138 valence electrons. The van der Waals surface area contributed by atoms with Crippen LogP contribution in [0.2, 0.25) is 0 Å². The minimum atomic E-state index is -0.533. The molecule has 2 aromatic carbocycles. The van der Waals surface area contributed by atoms with Gasteiger partial charge in [0.05, 0.1) is 5.41 Å². The molecule has 1 saturated carbocycles. The van der Waals surface area contributed by atoms with Crippen LogP contribution in [-0.2, 0) is 14.4 Å². The number of hydrogen-bond acceptors (Lipinski definition) is 3.